The Labute approximate surface area is 165 Å². The van der Waals surface area contributed by atoms with Crippen LogP contribution in [-0.2, 0) is 16.8 Å². The highest BCUT2D eigenvalue weighted by Gasteiger charge is 2.31. The molecule has 2 aromatic rings. The first kappa shape index (κ1) is 19.7. The maximum atomic E-state index is 12.6. The Kier molecular flexibility index (Phi) is 5.75. The molecule has 6 heteroatoms. The van der Waals surface area contributed by atoms with Crippen molar-refractivity contribution < 1.29 is 4.79 Å². The van der Waals surface area contributed by atoms with E-state index in [-0.39, 0.29) is 16.6 Å². The summed E-state index contributed by atoms with van der Waals surface area (Å²) in [5, 5.41) is 12.2. The fraction of sp³-hybridized carbons (Fsp3) is 0.476. The molecule has 144 valence electrons. The van der Waals surface area contributed by atoms with Crippen molar-refractivity contribution in [3.63, 3.8) is 0 Å². The van der Waals surface area contributed by atoms with Crippen LogP contribution in [0.1, 0.15) is 57.8 Å². The zero-order valence-electron chi connectivity index (χ0n) is 16.5. The van der Waals surface area contributed by atoms with Crippen LogP contribution in [0, 0.1) is 0 Å². The van der Waals surface area contributed by atoms with Gasteiger partial charge in [0, 0.05) is 18.2 Å². The molecule has 5 nitrogen and oxygen atoms in total. The zero-order chi connectivity index (χ0) is 19.6. The van der Waals surface area contributed by atoms with Crippen molar-refractivity contribution in [3.8, 4) is 0 Å². The first-order valence-corrected chi connectivity index (χ1v) is 10.3. The number of rotatable bonds is 7. The molecule has 3 rings (SSSR count). The number of benzene rings is 1. The van der Waals surface area contributed by atoms with Gasteiger partial charge in [-0.2, -0.15) is 0 Å². The minimum absolute atomic E-state index is 0.0374. The fourth-order valence-corrected chi connectivity index (χ4v) is 3.71. The third kappa shape index (κ3) is 4.80. The molecule has 1 aromatic carbocycles. The van der Waals surface area contributed by atoms with Gasteiger partial charge in [-0.3, -0.25) is 4.79 Å². The number of aromatic nitrogens is 3. The summed E-state index contributed by atoms with van der Waals surface area (Å²) in [5.41, 5.74) is 2.15. The maximum absolute atomic E-state index is 12.6. The lowest BCUT2D eigenvalue weighted by molar-refractivity contribution is -0.115. The summed E-state index contributed by atoms with van der Waals surface area (Å²) >= 11 is 1.44. The molecule has 27 heavy (non-hydrogen) atoms. The van der Waals surface area contributed by atoms with Crippen molar-refractivity contribution in [3.05, 3.63) is 48.3 Å². The van der Waals surface area contributed by atoms with E-state index < -0.39 is 0 Å². The molecular formula is C21H28N4OS. The lowest BCUT2D eigenvalue weighted by atomic mass is 9.87. The van der Waals surface area contributed by atoms with Gasteiger partial charge < -0.3 is 9.88 Å². The monoisotopic (exact) mass is 384 g/mol. The van der Waals surface area contributed by atoms with Gasteiger partial charge >= 0.3 is 0 Å². The summed E-state index contributed by atoms with van der Waals surface area (Å²) in [4.78, 5) is 12.6. The Morgan fingerprint density at radius 2 is 2.00 bits per heavy atom. The van der Waals surface area contributed by atoms with Gasteiger partial charge in [-0.15, -0.1) is 16.8 Å². The van der Waals surface area contributed by atoms with E-state index >= 15 is 0 Å². The van der Waals surface area contributed by atoms with Crippen molar-refractivity contribution in [1.29, 1.82) is 0 Å². The standard InChI is InChI=1S/C21H28N4OS/c1-6-13-25-18(15-7-8-15)23-24-20(25)27-14(2)19(26)22-17-11-9-16(10-12-17)21(3,4)5/h6,9-12,14-15H,1,7-8,13H2,2-5H3,(H,22,26)/t14-/m1/s1. The van der Waals surface area contributed by atoms with Gasteiger partial charge in [0.15, 0.2) is 5.16 Å². The molecule has 0 saturated heterocycles. The Morgan fingerprint density at radius 3 is 2.56 bits per heavy atom. The predicted octanol–water partition coefficient (Wildman–Crippen LogP) is 4.76. The molecule has 1 aliphatic carbocycles. The van der Waals surface area contributed by atoms with Gasteiger partial charge in [0.1, 0.15) is 5.82 Å². The van der Waals surface area contributed by atoms with Gasteiger partial charge in [0.05, 0.1) is 5.25 Å². The molecule has 1 N–H and O–H groups in total. The first-order chi connectivity index (χ1) is 12.8. The van der Waals surface area contributed by atoms with Gasteiger partial charge in [-0.25, -0.2) is 0 Å². The van der Waals surface area contributed by atoms with Gasteiger partial charge in [-0.05, 0) is 42.9 Å². The number of carbonyl (C=O) groups is 1. The van der Waals surface area contributed by atoms with Crippen molar-refractivity contribution >= 4 is 23.4 Å². The normalized spacial score (nSPS) is 15.4. The van der Waals surface area contributed by atoms with E-state index in [1.165, 1.54) is 30.2 Å². The topological polar surface area (TPSA) is 59.8 Å². The largest absolute Gasteiger partial charge is 0.325 e. The van der Waals surface area contributed by atoms with E-state index in [0.29, 0.717) is 12.5 Å². The molecule has 0 bridgehead atoms. The number of amides is 1. The van der Waals surface area contributed by atoms with E-state index in [4.69, 9.17) is 0 Å². The van der Waals surface area contributed by atoms with Gasteiger partial charge in [-0.1, -0.05) is 50.7 Å². The Morgan fingerprint density at radius 1 is 1.33 bits per heavy atom. The van der Waals surface area contributed by atoms with Crippen molar-refractivity contribution in [2.24, 2.45) is 0 Å². The molecule has 1 fully saturated rings. The molecular weight excluding hydrogens is 356 g/mol. The van der Waals surface area contributed by atoms with Crippen molar-refractivity contribution in [2.75, 3.05) is 5.32 Å². The highest BCUT2D eigenvalue weighted by Crippen LogP contribution is 2.40. The van der Waals surface area contributed by atoms with E-state index in [0.717, 1.165) is 16.7 Å². The number of anilines is 1. The van der Waals surface area contributed by atoms with Crippen molar-refractivity contribution in [1.82, 2.24) is 14.8 Å². The van der Waals surface area contributed by atoms with Crippen LogP contribution in [0.2, 0.25) is 0 Å². The maximum Gasteiger partial charge on any atom is 0.237 e. The number of thioether (sulfide) groups is 1. The van der Waals surface area contributed by atoms with Crippen LogP contribution >= 0.6 is 11.8 Å². The van der Waals surface area contributed by atoms with Crippen LogP contribution in [0.4, 0.5) is 5.69 Å². The lowest BCUT2D eigenvalue weighted by Crippen LogP contribution is -2.23. The van der Waals surface area contributed by atoms with E-state index in [9.17, 15) is 4.79 Å². The Bertz CT molecular complexity index is 816. The van der Waals surface area contributed by atoms with Crippen LogP contribution in [0.5, 0.6) is 0 Å². The number of carbonyl (C=O) groups excluding carboxylic acids is 1. The Hall–Kier alpha value is -2.08. The predicted molar refractivity (Wildman–Crippen MR) is 111 cm³/mol. The molecule has 0 radical (unpaired) electrons. The van der Waals surface area contributed by atoms with E-state index in [1.54, 1.807) is 0 Å². The fourth-order valence-electron chi connectivity index (χ4n) is 2.84. The van der Waals surface area contributed by atoms with Crippen LogP contribution in [0.3, 0.4) is 0 Å². The molecule has 0 spiro atoms. The Balaban J connectivity index is 1.65. The molecule has 1 aliphatic rings. The summed E-state index contributed by atoms with van der Waals surface area (Å²) in [6, 6.07) is 8.05. The zero-order valence-corrected chi connectivity index (χ0v) is 17.3. The molecule has 0 aliphatic heterocycles. The minimum atomic E-state index is -0.271. The average Bonchev–Trinajstić information content (AvgIpc) is 3.38. The van der Waals surface area contributed by atoms with E-state index in [1.807, 2.05) is 25.1 Å². The number of nitrogens with zero attached hydrogens (tertiary/aromatic N) is 3. The summed E-state index contributed by atoms with van der Waals surface area (Å²) < 4.78 is 2.08. The molecule has 1 atom stereocenters. The van der Waals surface area contributed by atoms with Gasteiger partial charge in [0.2, 0.25) is 5.91 Å². The SMILES string of the molecule is C=CCn1c(S[C@H](C)C(=O)Nc2ccc(C(C)(C)C)cc2)nnc1C1CC1. The van der Waals surface area contributed by atoms with Crippen LogP contribution in [0.25, 0.3) is 0 Å². The van der Waals surface area contributed by atoms with Crippen LogP contribution in [0.15, 0.2) is 42.1 Å². The second-order valence-electron chi connectivity index (χ2n) is 8.09. The highest BCUT2D eigenvalue weighted by molar-refractivity contribution is 8.00. The van der Waals surface area contributed by atoms with Crippen LogP contribution < -0.4 is 5.32 Å². The summed E-state index contributed by atoms with van der Waals surface area (Å²) in [7, 11) is 0. The second kappa shape index (κ2) is 7.89. The molecule has 1 amide bonds. The number of allylic oxidation sites excluding steroid dienone is 1. The van der Waals surface area contributed by atoms with E-state index in [2.05, 4.69) is 59.6 Å². The number of hydrogen-bond donors (Lipinski definition) is 1. The summed E-state index contributed by atoms with van der Waals surface area (Å²) in [6.07, 6.45) is 4.18. The molecule has 1 saturated carbocycles. The third-order valence-electron chi connectivity index (χ3n) is 4.67. The summed E-state index contributed by atoms with van der Waals surface area (Å²) in [5.74, 6) is 1.49. The molecule has 1 aromatic heterocycles. The van der Waals surface area contributed by atoms with Crippen LogP contribution in [-0.4, -0.2) is 25.9 Å². The average molecular weight is 385 g/mol. The quantitative estimate of drug-likeness (QED) is 0.552. The molecule has 0 unspecified atom stereocenters. The molecule has 1 heterocycles. The number of hydrogen-bond acceptors (Lipinski definition) is 4. The number of nitrogens with one attached hydrogen (secondary N) is 1. The highest BCUT2D eigenvalue weighted by atomic mass is 32.2. The minimum Gasteiger partial charge on any atom is -0.325 e. The van der Waals surface area contributed by atoms with Gasteiger partial charge in [0.25, 0.3) is 0 Å². The first-order valence-electron chi connectivity index (χ1n) is 9.41. The third-order valence-corrected chi connectivity index (χ3v) is 5.75. The summed E-state index contributed by atoms with van der Waals surface area (Å²) in [6.45, 7) is 12.9. The second-order valence-corrected chi connectivity index (χ2v) is 9.40. The smallest absolute Gasteiger partial charge is 0.237 e. The lowest BCUT2D eigenvalue weighted by Gasteiger charge is -2.19. The van der Waals surface area contributed by atoms with Crippen molar-refractivity contribution in [2.45, 2.75) is 68.8 Å².